The standard InChI is InChI=1S/C20H19ClN2O3S2/c1-13(14-8-10-16(11-9-14)28(22,25)26)23-19(24)12-27-18-7-3-5-15-4-2-6-17(21)20(15)18/h2-11,13H,12H2,1H3,(H,23,24)(H2,22,25,26)/t13-/m1/s1. The summed E-state index contributed by atoms with van der Waals surface area (Å²) in [5.74, 6) is 0.112. The molecule has 0 saturated carbocycles. The van der Waals surface area contributed by atoms with Crippen LogP contribution in [-0.2, 0) is 14.8 Å². The first kappa shape index (κ1) is 20.7. The van der Waals surface area contributed by atoms with Crippen LogP contribution in [0, 0.1) is 0 Å². The van der Waals surface area contributed by atoms with Gasteiger partial charge in [0.15, 0.2) is 0 Å². The lowest BCUT2D eigenvalue weighted by atomic mass is 10.1. The van der Waals surface area contributed by atoms with E-state index in [-0.39, 0.29) is 22.6 Å². The largest absolute Gasteiger partial charge is 0.349 e. The Labute approximate surface area is 173 Å². The molecule has 0 aliphatic carbocycles. The summed E-state index contributed by atoms with van der Waals surface area (Å²) in [7, 11) is -3.73. The van der Waals surface area contributed by atoms with Crippen molar-refractivity contribution in [3.8, 4) is 0 Å². The second kappa shape index (κ2) is 8.53. The Kier molecular flexibility index (Phi) is 6.30. The molecule has 146 valence electrons. The van der Waals surface area contributed by atoms with Gasteiger partial charge in [0.1, 0.15) is 0 Å². The second-order valence-corrected chi connectivity index (χ2v) is 9.27. The van der Waals surface area contributed by atoms with Gasteiger partial charge in [-0.1, -0.05) is 48.0 Å². The number of carbonyl (C=O) groups excluding carboxylic acids is 1. The molecule has 0 aliphatic heterocycles. The summed E-state index contributed by atoms with van der Waals surface area (Å²) in [6, 6.07) is 17.5. The third-order valence-corrected chi connectivity index (χ3v) is 6.56. The van der Waals surface area contributed by atoms with Gasteiger partial charge in [0.25, 0.3) is 0 Å². The number of carbonyl (C=O) groups is 1. The molecule has 1 atom stereocenters. The van der Waals surface area contributed by atoms with Gasteiger partial charge < -0.3 is 5.32 Å². The van der Waals surface area contributed by atoms with Crippen molar-refractivity contribution in [1.82, 2.24) is 5.32 Å². The monoisotopic (exact) mass is 434 g/mol. The molecule has 0 spiro atoms. The van der Waals surface area contributed by atoms with Gasteiger partial charge in [0.2, 0.25) is 15.9 Å². The maximum Gasteiger partial charge on any atom is 0.238 e. The molecule has 0 fully saturated rings. The molecule has 3 aromatic carbocycles. The summed E-state index contributed by atoms with van der Waals surface area (Å²) in [5.41, 5.74) is 0.791. The minimum Gasteiger partial charge on any atom is -0.349 e. The van der Waals surface area contributed by atoms with E-state index in [1.54, 1.807) is 12.1 Å². The van der Waals surface area contributed by atoms with Crippen molar-refractivity contribution in [1.29, 1.82) is 0 Å². The van der Waals surface area contributed by atoms with Crippen LogP contribution in [0.4, 0.5) is 0 Å². The van der Waals surface area contributed by atoms with Crippen LogP contribution >= 0.6 is 23.4 Å². The van der Waals surface area contributed by atoms with E-state index in [9.17, 15) is 13.2 Å². The molecular formula is C20H19ClN2O3S2. The number of halogens is 1. The first-order valence-corrected chi connectivity index (χ1v) is 11.4. The Morgan fingerprint density at radius 1 is 1.11 bits per heavy atom. The zero-order valence-corrected chi connectivity index (χ0v) is 17.4. The molecule has 3 rings (SSSR count). The molecule has 0 radical (unpaired) electrons. The summed E-state index contributed by atoms with van der Waals surface area (Å²) in [5, 5.41) is 10.6. The van der Waals surface area contributed by atoms with Gasteiger partial charge in [-0.15, -0.1) is 11.8 Å². The fourth-order valence-electron chi connectivity index (χ4n) is 2.84. The molecule has 0 aromatic heterocycles. The number of nitrogens with two attached hydrogens (primary N) is 1. The third-order valence-electron chi connectivity index (χ3n) is 4.26. The maximum absolute atomic E-state index is 12.4. The normalized spacial score (nSPS) is 12.7. The number of nitrogens with one attached hydrogen (secondary N) is 1. The van der Waals surface area contributed by atoms with E-state index in [1.165, 1.54) is 23.9 Å². The molecule has 0 heterocycles. The molecule has 0 saturated heterocycles. The summed E-state index contributed by atoms with van der Waals surface area (Å²) in [6.07, 6.45) is 0. The van der Waals surface area contributed by atoms with Crippen LogP contribution < -0.4 is 10.5 Å². The number of sulfonamides is 1. The minimum atomic E-state index is -3.73. The Morgan fingerprint density at radius 2 is 1.75 bits per heavy atom. The van der Waals surface area contributed by atoms with E-state index < -0.39 is 10.0 Å². The number of rotatable bonds is 6. The Morgan fingerprint density at radius 3 is 2.39 bits per heavy atom. The van der Waals surface area contributed by atoms with Crippen LogP contribution in [0.15, 0.2) is 70.5 Å². The summed E-state index contributed by atoms with van der Waals surface area (Å²) in [4.78, 5) is 13.4. The molecule has 3 aromatic rings. The maximum atomic E-state index is 12.4. The van der Waals surface area contributed by atoms with E-state index in [0.29, 0.717) is 5.02 Å². The summed E-state index contributed by atoms with van der Waals surface area (Å²) in [6.45, 7) is 1.84. The van der Waals surface area contributed by atoms with Crippen molar-refractivity contribution < 1.29 is 13.2 Å². The second-order valence-electron chi connectivity index (χ2n) is 6.29. The van der Waals surface area contributed by atoms with Crippen LogP contribution in [0.3, 0.4) is 0 Å². The molecule has 28 heavy (non-hydrogen) atoms. The average Bonchev–Trinajstić information content (AvgIpc) is 2.66. The predicted molar refractivity (Wildman–Crippen MR) is 114 cm³/mol. The number of fused-ring (bicyclic) bond motifs is 1. The summed E-state index contributed by atoms with van der Waals surface area (Å²) >= 11 is 7.74. The fourth-order valence-corrected chi connectivity index (χ4v) is 4.61. The van der Waals surface area contributed by atoms with Crippen molar-refractivity contribution in [2.24, 2.45) is 5.14 Å². The molecule has 1 amide bonds. The van der Waals surface area contributed by atoms with Gasteiger partial charge in [0, 0.05) is 15.3 Å². The predicted octanol–water partition coefficient (Wildman–Crippen LogP) is 4.11. The average molecular weight is 435 g/mol. The molecule has 0 aliphatic rings. The van der Waals surface area contributed by atoms with Crippen molar-refractivity contribution in [3.63, 3.8) is 0 Å². The van der Waals surface area contributed by atoms with Gasteiger partial charge >= 0.3 is 0 Å². The van der Waals surface area contributed by atoms with E-state index in [4.69, 9.17) is 16.7 Å². The van der Waals surface area contributed by atoms with E-state index in [2.05, 4.69) is 5.32 Å². The minimum absolute atomic E-state index is 0.0400. The first-order chi connectivity index (χ1) is 13.3. The number of hydrogen-bond acceptors (Lipinski definition) is 4. The molecule has 5 nitrogen and oxygen atoms in total. The molecule has 0 unspecified atom stereocenters. The number of primary sulfonamides is 1. The Balaban J connectivity index is 1.65. The van der Waals surface area contributed by atoms with Gasteiger partial charge in [-0.3, -0.25) is 4.79 Å². The van der Waals surface area contributed by atoms with E-state index >= 15 is 0 Å². The quantitative estimate of drug-likeness (QED) is 0.571. The van der Waals surface area contributed by atoms with Gasteiger partial charge in [-0.2, -0.15) is 0 Å². The Hall–Kier alpha value is -2.06. The Bertz CT molecular complexity index is 1110. The van der Waals surface area contributed by atoms with Gasteiger partial charge in [-0.05, 0) is 42.1 Å². The molecule has 8 heteroatoms. The van der Waals surface area contributed by atoms with E-state index in [1.807, 2.05) is 43.3 Å². The van der Waals surface area contributed by atoms with Crippen molar-refractivity contribution in [2.45, 2.75) is 22.8 Å². The lowest BCUT2D eigenvalue weighted by Crippen LogP contribution is -2.28. The topological polar surface area (TPSA) is 89.3 Å². The lowest BCUT2D eigenvalue weighted by molar-refractivity contribution is -0.119. The number of amides is 1. The lowest BCUT2D eigenvalue weighted by Gasteiger charge is -2.15. The third kappa shape index (κ3) is 4.86. The molecule has 0 bridgehead atoms. The smallest absolute Gasteiger partial charge is 0.238 e. The van der Waals surface area contributed by atoms with Crippen LogP contribution in [0.5, 0.6) is 0 Å². The molecular weight excluding hydrogens is 416 g/mol. The zero-order valence-electron chi connectivity index (χ0n) is 15.1. The van der Waals surface area contributed by atoms with Crippen molar-refractivity contribution in [3.05, 3.63) is 71.2 Å². The van der Waals surface area contributed by atoms with Gasteiger partial charge in [-0.25, -0.2) is 13.6 Å². The highest BCUT2D eigenvalue weighted by molar-refractivity contribution is 8.00. The van der Waals surface area contributed by atoms with Crippen LogP contribution in [0.25, 0.3) is 10.8 Å². The first-order valence-electron chi connectivity index (χ1n) is 8.48. The summed E-state index contributed by atoms with van der Waals surface area (Å²) < 4.78 is 22.6. The van der Waals surface area contributed by atoms with Crippen LogP contribution in [0.1, 0.15) is 18.5 Å². The number of hydrogen-bond donors (Lipinski definition) is 2. The SMILES string of the molecule is C[C@@H](NC(=O)CSc1cccc2cccc(Cl)c12)c1ccc(S(N)(=O)=O)cc1. The highest BCUT2D eigenvalue weighted by atomic mass is 35.5. The highest BCUT2D eigenvalue weighted by Gasteiger charge is 2.13. The van der Waals surface area contributed by atoms with Crippen molar-refractivity contribution >= 4 is 50.1 Å². The van der Waals surface area contributed by atoms with Crippen LogP contribution in [-0.4, -0.2) is 20.1 Å². The number of benzene rings is 3. The zero-order chi connectivity index (χ0) is 20.3. The molecule has 3 N–H and O–H groups in total. The number of thioether (sulfide) groups is 1. The van der Waals surface area contributed by atoms with Crippen LogP contribution in [0.2, 0.25) is 5.02 Å². The van der Waals surface area contributed by atoms with E-state index in [0.717, 1.165) is 21.2 Å². The van der Waals surface area contributed by atoms with Gasteiger partial charge in [0.05, 0.1) is 16.7 Å². The van der Waals surface area contributed by atoms with Crippen molar-refractivity contribution in [2.75, 3.05) is 5.75 Å². The highest BCUT2D eigenvalue weighted by Crippen LogP contribution is 2.33. The fraction of sp³-hybridized carbons (Fsp3) is 0.150.